The molecule has 0 N–H and O–H groups in total. The lowest BCUT2D eigenvalue weighted by Gasteiger charge is -2.37. The van der Waals surface area contributed by atoms with Gasteiger partial charge in [-0.15, -0.1) is 0 Å². The summed E-state index contributed by atoms with van der Waals surface area (Å²) in [6.07, 6.45) is 2.44. The van der Waals surface area contributed by atoms with Crippen LogP contribution in [-0.2, 0) is 6.54 Å². The first-order valence-electron chi connectivity index (χ1n) is 7.03. The summed E-state index contributed by atoms with van der Waals surface area (Å²) < 4.78 is 14.1. The number of halogens is 1. The summed E-state index contributed by atoms with van der Waals surface area (Å²) in [5.41, 5.74) is -0.00681. The van der Waals surface area contributed by atoms with E-state index in [1.165, 1.54) is 25.5 Å². The summed E-state index contributed by atoms with van der Waals surface area (Å²) >= 11 is 0. The molecule has 2 saturated heterocycles. The van der Waals surface area contributed by atoms with Gasteiger partial charge in [-0.25, -0.2) is 0 Å². The van der Waals surface area contributed by atoms with E-state index in [9.17, 15) is 14.5 Å². The van der Waals surface area contributed by atoms with E-state index in [1.54, 1.807) is 12.1 Å². The molecule has 0 amide bonds. The first-order chi connectivity index (χ1) is 9.65. The highest BCUT2D eigenvalue weighted by Crippen LogP contribution is 2.25. The highest BCUT2D eigenvalue weighted by Gasteiger charge is 2.31. The predicted octanol–water partition coefficient (Wildman–Crippen LogP) is 2.01. The van der Waals surface area contributed by atoms with Crippen LogP contribution < -0.4 is 0 Å². The van der Waals surface area contributed by atoms with Crippen molar-refractivity contribution in [2.75, 3.05) is 26.2 Å². The molecule has 108 valence electrons. The van der Waals surface area contributed by atoms with Crippen LogP contribution >= 0.6 is 0 Å². The number of nitro groups is 1. The number of piperazine rings is 1. The van der Waals surface area contributed by atoms with E-state index in [0.29, 0.717) is 18.2 Å². The molecule has 1 aromatic rings. The normalized spacial score (nSPS) is 23.8. The third-order valence-electron chi connectivity index (χ3n) is 4.32. The highest BCUT2D eigenvalue weighted by molar-refractivity contribution is 5.36. The Hall–Kier alpha value is -1.53. The lowest BCUT2D eigenvalue weighted by Crippen LogP contribution is -2.49. The SMILES string of the molecule is O=[N+]([O-])c1cccc(CN2CCN3CCCC3C2)c1F. The van der Waals surface area contributed by atoms with E-state index in [4.69, 9.17) is 0 Å². The second-order valence-corrected chi connectivity index (χ2v) is 5.57. The van der Waals surface area contributed by atoms with Crippen molar-refractivity contribution < 1.29 is 9.31 Å². The molecule has 2 aliphatic rings. The Labute approximate surface area is 117 Å². The fraction of sp³-hybridized carbons (Fsp3) is 0.571. The van der Waals surface area contributed by atoms with Gasteiger partial charge in [0.2, 0.25) is 5.82 Å². The van der Waals surface area contributed by atoms with Gasteiger partial charge in [0.25, 0.3) is 0 Å². The Balaban J connectivity index is 1.72. The number of fused-ring (bicyclic) bond motifs is 1. The van der Waals surface area contributed by atoms with Crippen molar-refractivity contribution in [3.05, 3.63) is 39.7 Å². The molecule has 20 heavy (non-hydrogen) atoms. The molecule has 1 aromatic carbocycles. The maximum atomic E-state index is 14.1. The lowest BCUT2D eigenvalue weighted by molar-refractivity contribution is -0.387. The second kappa shape index (κ2) is 5.46. The topological polar surface area (TPSA) is 49.6 Å². The van der Waals surface area contributed by atoms with Crippen molar-refractivity contribution in [1.29, 1.82) is 0 Å². The maximum absolute atomic E-state index is 14.1. The zero-order valence-corrected chi connectivity index (χ0v) is 11.3. The monoisotopic (exact) mass is 279 g/mol. The zero-order valence-electron chi connectivity index (χ0n) is 11.3. The van der Waals surface area contributed by atoms with Crippen molar-refractivity contribution in [2.24, 2.45) is 0 Å². The molecule has 2 heterocycles. The van der Waals surface area contributed by atoms with Crippen LogP contribution in [0.5, 0.6) is 0 Å². The van der Waals surface area contributed by atoms with Crippen LogP contribution in [0, 0.1) is 15.9 Å². The molecule has 3 rings (SSSR count). The highest BCUT2D eigenvalue weighted by atomic mass is 19.1. The number of nitrogens with zero attached hydrogens (tertiary/aromatic N) is 3. The molecular formula is C14H18FN3O2. The summed E-state index contributed by atoms with van der Waals surface area (Å²) in [5, 5.41) is 10.8. The summed E-state index contributed by atoms with van der Waals surface area (Å²) in [4.78, 5) is 14.8. The van der Waals surface area contributed by atoms with Gasteiger partial charge >= 0.3 is 5.69 Å². The minimum absolute atomic E-state index is 0.422. The summed E-state index contributed by atoms with van der Waals surface area (Å²) in [5.74, 6) is -0.689. The molecular weight excluding hydrogens is 261 g/mol. The molecule has 1 unspecified atom stereocenters. The van der Waals surface area contributed by atoms with Gasteiger partial charge in [-0.3, -0.25) is 19.9 Å². The number of rotatable bonds is 3. The van der Waals surface area contributed by atoms with Gasteiger partial charge in [0.15, 0.2) is 0 Å². The average molecular weight is 279 g/mol. The van der Waals surface area contributed by atoms with Crippen LogP contribution in [0.3, 0.4) is 0 Å². The molecule has 1 atom stereocenters. The van der Waals surface area contributed by atoms with Crippen LogP contribution in [0.4, 0.5) is 10.1 Å². The molecule has 0 aliphatic carbocycles. The van der Waals surface area contributed by atoms with E-state index in [1.807, 2.05) is 0 Å². The van der Waals surface area contributed by atoms with Crippen LogP contribution in [0.15, 0.2) is 18.2 Å². The Bertz CT molecular complexity index is 523. The number of benzene rings is 1. The van der Waals surface area contributed by atoms with E-state index in [2.05, 4.69) is 9.80 Å². The van der Waals surface area contributed by atoms with Gasteiger partial charge in [-0.2, -0.15) is 4.39 Å². The third-order valence-corrected chi connectivity index (χ3v) is 4.32. The average Bonchev–Trinajstić information content (AvgIpc) is 2.88. The van der Waals surface area contributed by atoms with Crippen molar-refractivity contribution >= 4 is 5.69 Å². The van der Waals surface area contributed by atoms with Gasteiger partial charge in [0.05, 0.1) is 4.92 Å². The van der Waals surface area contributed by atoms with E-state index >= 15 is 0 Å². The van der Waals surface area contributed by atoms with E-state index in [-0.39, 0.29) is 0 Å². The standard InChI is InChI=1S/C14H18FN3O2/c15-14-11(3-1-5-13(14)18(19)20)9-16-7-8-17-6-2-4-12(17)10-16/h1,3,5,12H,2,4,6-10H2. The number of hydrogen-bond donors (Lipinski definition) is 0. The predicted molar refractivity (Wildman–Crippen MR) is 72.9 cm³/mol. The van der Waals surface area contributed by atoms with Gasteiger partial charge in [-0.05, 0) is 19.4 Å². The molecule has 2 fully saturated rings. The molecule has 0 radical (unpaired) electrons. The van der Waals surface area contributed by atoms with Gasteiger partial charge in [-0.1, -0.05) is 12.1 Å². The zero-order chi connectivity index (χ0) is 14.1. The summed E-state index contributed by atoms with van der Waals surface area (Å²) in [6.45, 7) is 4.48. The Morgan fingerprint density at radius 3 is 3.00 bits per heavy atom. The Morgan fingerprint density at radius 2 is 2.20 bits per heavy atom. The molecule has 5 nitrogen and oxygen atoms in total. The van der Waals surface area contributed by atoms with Crippen molar-refractivity contribution in [3.8, 4) is 0 Å². The maximum Gasteiger partial charge on any atom is 0.305 e. The van der Waals surface area contributed by atoms with Crippen LogP contribution in [-0.4, -0.2) is 46.9 Å². The molecule has 2 aliphatic heterocycles. The van der Waals surface area contributed by atoms with Crippen molar-refractivity contribution in [3.63, 3.8) is 0 Å². The first-order valence-corrected chi connectivity index (χ1v) is 7.03. The second-order valence-electron chi connectivity index (χ2n) is 5.57. The lowest BCUT2D eigenvalue weighted by atomic mass is 10.1. The molecule has 0 bridgehead atoms. The fourth-order valence-corrected chi connectivity index (χ4v) is 3.27. The van der Waals surface area contributed by atoms with Crippen molar-refractivity contribution in [1.82, 2.24) is 9.80 Å². The van der Waals surface area contributed by atoms with Gasteiger partial charge in [0, 0.05) is 43.9 Å². The number of nitro benzene ring substituents is 1. The third kappa shape index (κ3) is 2.53. The van der Waals surface area contributed by atoms with Gasteiger partial charge < -0.3 is 0 Å². The fourth-order valence-electron chi connectivity index (χ4n) is 3.27. The first kappa shape index (κ1) is 13.5. The van der Waals surface area contributed by atoms with Crippen LogP contribution in [0.25, 0.3) is 0 Å². The van der Waals surface area contributed by atoms with E-state index in [0.717, 1.165) is 19.6 Å². The van der Waals surface area contributed by atoms with Crippen molar-refractivity contribution in [2.45, 2.75) is 25.4 Å². The minimum Gasteiger partial charge on any atom is -0.298 e. The molecule has 0 aromatic heterocycles. The van der Waals surface area contributed by atoms with E-state index < -0.39 is 16.4 Å². The Kier molecular flexibility index (Phi) is 3.67. The van der Waals surface area contributed by atoms with Gasteiger partial charge in [0.1, 0.15) is 0 Å². The smallest absolute Gasteiger partial charge is 0.298 e. The minimum atomic E-state index is -0.689. The summed E-state index contributed by atoms with van der Waals surface area (Å²) in [7, 11) is 0. The molecule has 0 saturated carbocycles. The number of hydrogen-bond acceptors (Lipinski definition) is 4. The summed E-state index contributed by atoms with van der Waals surface area (Å²) in [6, 6.07) is 4.99. The largest absolute Gasteiger partial charge is 0.305 e. The molecule has 6 heteroatoms. The van der Waals surface area contributed by atoms with Crippen LogP contribution in [0.2, 0.25) is 0 Å². The molecule has 0 spiro atoms. The quantitative estimate of drug-likeness (QED) is 0.627. The van der Waals surface area contributed by atoms with Crippen LogP contribution in [0.1, 0.15) is 18.4 Å². The Morgan fingerprint density at radius 1 is 1.35 bits per heavy atom.